The number of benzene rings is 1. The van der Waals surface area contributed by atoms with Gasteiger partial charge in [-0.05, 0) is 17.7 Å². The fourth-order valence-corrected chi connectivity index (χ4v) is 1.42. The summed E-state index contributed by atoms with van der Waals surface area (Å²) < 4.78 is 0. The molecule has 2 aromatic rings. The first-order valence-corrected chi connectivity index (χ1v) is 5.66. The highest BCUT2D eigenvalue weighted by molar-refractivity contribution is 9.09. The van der Waals surface area contributed by atoms with Crippen LogP contribution in [0.15, 0.2) is 36.8 Å². The van der Waals surface area contributed by atoms with E-state index in [1.165, 1.54) is 0 Å². The van der Waals surface area contributed by atoms with Crippen LogP contribution >= 0.6 is 15.9 Å². The molecule has 1 N–H and O–H groups in total. The monoisotopic (exact) mass is 260 g/mol. The molecule has 0 spiro atoms. The lowest BCUT2D eigenvalue weighted by Gasteiger charge is -1.96. The number of imidazole rings is 1. The Balaban J connectivity index is 2.25. The molecule has 0 saturated carbocycles. The highest BCUT2D eigenvalue weighted by Gasteiger charge is 1.97. The summed E-state index contributed by atoms with van der Waals surface area (Å²) in [7, 11) is 0. The number of rotatable bonds is 1. The first-order chi connectivity index (χ1) is 7.40. The van der Waals surface area contributed by atoms with Gasteiger partial charge in [0.05, 0.1) is 23.5 Å². The van der Waals surface area contributed by atoms with Gasteiger partial charge in [0.25, 0.3) is 0 Å². The van der Waals surface area contributed by atoms with Crippen molar-refractivity contribution in [2.45, 2.75) is 0 Å². The number of hydrogen-bond acceptors (Lipinski definition) is 1. The summed E-state index contributed by atoms with van der Waals surface area (Å²) in [6.45, 7) is 0. The Morgan fingerprint density at radius 1 is 1.27 bits per heavy atom. The van der Waals surface area contributed by atoms with Crippen molar-refractivity contribution in [3.8, 4) is 23.1 Å². The summed E-state index contributed by atoms with van der Waals surface area (Å²) in [5.74, 6) is 6.01. The standard InChI is InChI=1S/C12H9BrN2/c13-7-1-2-10-3-5-11(6-4-10)12-8-14-9-15-12/h3-6,8-9H,7H2,(H,14,15). The topological polar surface area (TPSA) is 28.7 Å². The summed E-state index contributed by atoms with van der Waals surface area (Å²) in [4.78, 5) is 7.04. The van der Waals surface area contributed by atoms with Gasteiger partial charge >= 0.3 is 0 Å². The van der Waals surface area contributed by atoms with Gasteiger partial charge in [-0.2, -0.15) is 0 Å². The van der Waals surface area contributed by atoms with Crippen LogP contribution < -0.4 is 0 Å². The quantitative estimate of drug-likeness (QED) is 0.620. The van der Waals surface area contributed by atoms with Gasteiger partial charge in [0.1, 0.15) is 0 Å². The molecule has 0 saturated heterocycles. The van der Waals surface area contributed by atoms with E-state index >= 15 is 0 Å². The number of alkyl halides is 1. The minimum absolute atomic E-state index is 0.704. The molecule has 0 unspecified atom stereocenters. The molecule has 2 nitrogen and oxygen atoms in total. The maximum atomic E-state index is 3.98. The lowest BCUT2D eigenvalue weighted by atomic mass is 10.1. The van der Waals surface area contributed by atoms with Crippen molar-refractivity contribution in [3.63, 3.8) is 0 Å². The molecule has 3 heteroatoms. The molecular weight excluding hydrogens is 252 g/mol. The Morgan fingerprint density at radius 3 is 2.67 bits per heavy atom. The SMILES string of the molecule is BrCC#Cc1ccc(-c2cnc[nH]2)cc1. The van der Waals surface area contributed by atoms with E-state index in [0.29, 0.717) is 5.33 Å². The zero-order valence-electron chi connectivity index (χ0n) is 8.00. The summed E-state index contributed by atoms with van der Waals surface area (Å²) in [5.41, 5.74) is 3.17. The number of aromatic amines is 1. The average molecular weight is 261 g/mol. The molecular formula is C12H9BrN2. The van der Waals surface area contributed by atoms with Crippen LogP contribution in [0.5, 0.6) is 0 Å². The third-order valence-corrected chi connectivity index (χ3v) is 2.27. The molecule has 0 radical (unpaired) electrons. The molecule has 0 atom stereocenters. The molecule has 0 bridgehead atoms. The van der Waals surface area contributed by atoms with E-state index in [1.54, 1.807) is 12.5 Å². The lowest BCUT2D eigenvalue weighted by molar-refractivity contribution is 1.31. The largest absolute Gasteiger partial charge is 0.345 e. The van der Waals surface area contributed by atoms with E-state index in [1.807, 2.05) is 24.3 Å². The van der Waals surface area contributed by atoms with Crippen molar-refractivity contribution in [2.24, 2.45) is 0 Å². The summed E-state index contributed by atoms with van der Waals surface area (Å²) >= 11 is 3.27. The maximum absolute atomic E-state index is 3.98. The summed E-state index contributed by atoms with van der Waals surface area (Å²) in [6, 6.07) is 8.08. The molecule has 2 rings (SSSR count). The number of hydrogen-bond donors (Lipinski definition) is 1. The van der Waals surface area contributed by atoms with Crippen LogP contribution in [0.3, 0.4) is 0 Å². The van der Waals surface area contributed by atoms with E-state index < -0.39 is 0 Å². The van der Waals surface area contributed by atoms with Crippen molar-refractivity contribution < 1.29 is 0 Å². The third kappa shape index (κ3) is 2.48. The zero-order chi connectivity index (χ0) is 10.5. The van der Waals surface area contributed by atoms with Gasteiger partial charge in [-0.1, -0.05) is 39.9 Å². The smallest absolute Gasteiger partial charge is 0.0924 e. The van der Waals surface area contributed by atoms with Crippen molar-refractivity contribution in [2.75, 3.05) is 5.33 Å². The van der Waals surface area contributed by atoms with Gasteiger partial charge in [0.15, 0.2) is 0 Å². The second kappa shape index (κ2) is 4.81. The van der Waals surface area contributed by atoms with E-state index in [0.717, 1.165) is 16.8 Å². The molecule has 0 amide bonds. The summed E-state index contributed by atoms with van der Waals surface area (Å²) in [6.07, 6.45) is 3.48. The van der Waals surface area contributed by atoms with Crippen molar-refractivity contribution in [1.82, 2.24) is 9.97 Å². The molecule has 0 aliphatic carbocycles. The molecule has 74 valence electrons. The molecule has 0 fully saturated rings. The van der Waals surface area contributed by atoms with Crippen LogP contribution in [0.2, 0.25) is 0 Å². The van der Waals surface area contributed by atoms with E-state index in [4.69, 9.17) is 0 Å². The van der Waals surface area contributed by atoms with E-state index in [9.17, 15) is 0 Å². The van der Waals surface area contributed by atoms with Crippen LogP contribution in [-0.4, -0.2) is 15.3 Å². The zero-order valence-corrected chi connectivity index (χ0v) is 9.58. The third-order valence-electron chi connectivity index (χ3n) is 1.99. The molecule has 0 aliphatic rings. The van der Waals surface area contributed by atoms with Crippen molar-refractivity contribution >= 4 is 15.9 Å². The van der Waals surface area contributed by atoms with Crippen LogP contribution in [-0.2, 0) is 0 Å². The van der Waals surface area contributed by atoms with Crippen molar-refractivity contribution in [1.29, 1.82) is 0 Å². The number of nitrogens with zero attached hydrogens (tertiary/aromatic N) is 1. The first-order valence-electron chi connectivity index (χ1n) is 4.54. The second-order valence-corrected chi connectivity index (χ2v) is 3.54. The number of H-pyrrole nitrogens is 1. The highest BCUT2D eigenvalue weighted by Crippen LogP contribution is 2.15. The van der Waals surface area contributed by atoms with Gasteiger partial charge in [-0.3, -0.25) is 0 Å². The summed E-state index contributed by atoms with van der Waals surface area (Å²) in [5, 5.41) is 0.704. The lowest BCUT2D eigenvalue weighted by Crippen LogP contribution is -1.78. The number of nitrogens with one attached hydrogen (secondary N) is 1. The Hall–Kier alpha value is -1.53. The molecule has 1 heterocycles. The molecule has 15 heavy (non-hydrogen) atoms. The first kappa shape index (κ1) is 10.0. The maximum Gasteiger partial charge on any atom is 0.0924 e. The van der Waals surface area contributed by atoms with Crippen LogP contribution in [0.1, 0.15) is 5.56 Å². The van der Waals surface area contributed by atoms with Crippen LogP contribution in [0, 0.1) is 11.8 Å². The normalized spacial score (nSPS) is 9.40. The average Bonchev–Trinajstić information content (AvgIpc) is 2.80. The molecule has 1 aromatic heterocycles. The van der Waals surface area contributed by atoms with Crippen LogP contribution in [0.4, 0.5) is 0 Å². The van der Waals surface area contributed by atoms with Gasteiger partial charge < -0.3 is 4.98 Å². The minimum atomic E-state index is 0.704. The van der Waals surface area contributed by atoms with Crippen molar-refractivity contribution in [3.05, 3.63) is 42.4 Å². The minimum Gasteiger partial charge on any atom is -0.345 e. The highest BCUT2D eigenvalue weighted by atomic mass is 79.9. The predicted octanol–water partition coefficient (Wildman–Crippen LogP) is 2.82. The number of aromatic nitrogens is 2. The van der Waals surface area contributed by atoms with Gasteiger partial charge in [-0.25, -0.2) is 4.98 Å². The fraction of sp³-hybridized carbons (Fsp3) is 0.0833. The molecule has 1 aromatic carbocycles. The Kier molecular flexibility index (Phi) is 3.21. The van der Waals surface area contributed by atoms with Gasteiger partial charge in [0.2, 0.25) is 0 Å². The Morgan fingerprint density at radius 2 is 2.07 bits per heavy atom. The Bertz CT molecular complexity index is 475. The van der Waals surface area contributed by atoms with E-state index in [2.05, 4.69) is 37.7 Å². The van der Waals surface area contributed by atoms with Gasteiger partial charge in [-0.15, -0.1) is 0 Å². The fourth-order valence-electron chi connectivity index (χ4n) is 1.28. The molecule has 0 aliphatic heterocycles. The Labute approximate surface area is 96.9 Å². The van der Waals surface area contributed by atoms with Crippen LogP contribution in [0.25, 0.3) is 11.3 Å². The predicted molar refractivity (Wildman–Crippen MR) is 64.7 cm³/mol. The number of halogens is 1. The van der Waals surface area contributed by atoms with Gasteiger partial charge in [0, 0.05) is 5.56 Å². The van der Waals surface area contributed by atoms with E-state index in [-0.39, 0.29) is 0 Å². The second-order valence-electron chi connectivity index (χ2n) is 2.98.